The lowest BCUT2D eigenvalue weighted by Crippen LogP contribution is -2.03. The van der Waals surface area contributed by atoms with E-state index in [1.54, 1.807) is 36.4 Å². The van der Waals surface area contributed by atoms with Gasteiger partial charge in [0.05, 0.1) is 0 Å². The van der Waals surface area contributed by atoms with Gasteiger partial charge in [-0.2, -0.15) is 21.0 Å². The average molecular weight is 386 g/mol. The Morgan fingerprint density at radius 1 is 0.600 bits per heavy atom. The van der Waals surface area contributed by atoms with Gasteiger partial charge >= 0.3 is 0 Å². The van der Waals surface area contributed by atoms with Crippen LogP contribution in [0.1, 0.15) is 0 Å². The second-order valence-corrected chi connectivity index (χ2v) is 6.32. The molecule has 0 saturated carbocycles. The molecule has 0 aliphatic heterocycles. The Hall–Kier alpha value is -5.18. The number of oxazole rings is 2. The van der Waals surface area contributed by atoms with Gasteiger partial charge in [-0.05, 0) is 22.9 Å². The van der Waals surface area contributed by atoms with Crippen molar-refractivity contribution in [3.05, 3.63) is 47.5 Å². The van der Waals surface area contributed by atoms with E-state index in [0.29, 0.717) is 33.0 Å². The number of nitrogens with zero attached hydrogens (tertiary/aromatic N) is 6. The van der Waals surface area contributed by atoms with Crippen molar-refractivity contribution in [3.63, 3.8) is 0 Å². The smallest absolute Gasteiger partial charge is 0.249 e. The van der Waals surface area contributed by atoms with E-state index in [2.05, 4.69) is 9.97 Å². The van der Waals surface area contributed by atoms with Gasteiger partial charge in [0.1, 0.15) is 35.3 Å². The molecule has 0 aliphatic carbocycles. The zero-order valence-electron chi connectivity index (χ0n) is 15.0. The Morgan fingerprint density at radius 3 is 1.33 bits per heavy atom. The second-order valence-electron chi connectivity index (χ2n) is 6.32. The molecule has 5 aromatic rings. The fourth-order valence-corrected chi connectivity index (χ4v) is 3.46. The van der Waals surface area contributed by atoms with Crippen molar-refractivity contribution in [1.82, 2.24) is 9.97 Å². The van der Waals surface area contributed by atoms with E-state index in [1.807, 2.05) is 24.3 Å². The molecule has 0 aliphatic rings. The predicted molar refractivity (Wildman–Crippen MR) is 105 cm³/mol. The summed E-state index contributed by atoms with van der Waals surface area (Å²) in [6.45, 7) is 0. The standard InChI is InChI=1S/C22H6N6O2/c23-7-13(8-24)21-27-19-15(29-21)5-3-11-1-2-12-4-6-16-20(18(12)17(11)19)28-22(30-16)14(9-25)10-26/h1-6H. The molecular weight excluding hydrogens is 380 g/mol. The predicted octanol–water partition coefficient (Wildman–Crippen LogP) is 2.67. The number of fused-ring (bicyclic) bond motifs is 7. The van der Waals surface area contributed by atoms with E-state index in [1.165, 1.54) is 0 Å². The van der Waals surface area contributed by atoms with E-state index in [0.717, 1.165) is 10.8 Å². The van der Waals surface area contributed by atoms with E-state index in [9.17, 15) is 0 Å². The first-order valence-corrected chi connectivity index (χ1v) is 8.59. The highest BCUT2D eigenvalue weighted by atomic mass is 16.3. The summed E-state index contributed by atoms with van der Waals surface area (Å²) in [5, 5.41) is 39.7. The molecule has 8 heteroatoms. The van der Waals surface area contributed by atoms with E-state index in [4.69, 9.17) is 29.9 Å². The lowest BCUT2D eigenvalue weighted by Gasteiger charge is -2.04. The molecule has 0 N–H and O–H groups in total. The molecule has 0 unspecified atom stereocenters. The van der Waals surface area contributed by atoms with Gasteiger partial charge in [-0.25, -0.2) is 9.97 Å². The van der Waals surface area contributed by atoms with Crippen molar-refractivity contribution in [2.45, 2.75) is 0 Å². The van der Waals surface area contributed by atoms with E-state index in [-0.39, 0.29) is 22.2 Å². The van der Waals surface area contributed by atoms with Crippen LogP contribution in [0.25, 0.3) is 54.9 Å². The third-order valence-corrected chi connectivity index (χ3v) is 4.75. The van der Waals surface area contributed by atoms with Gasteiger partial charge in [0, 0.05) is 10.8 Å². The number of aromatic nitrogens is 2. The molecule has 136 valence electrons. The molecule has 2 heterocycles. The highest BCUT2D eigenvalue weighted by Gasteiger charge is 2.16. The first-order chi connectivity index (χ1) is 14.7. The Balaban J connectivity index is 2.08. The lowest BCUT2D eigenvalue weighted by atomic mass is 10.00. The molecule has 3 aromatic carbocycles. The maximum Gasteiger partial charge on any atom is 0.249 e. The second kappa shape index (κ2) is 6.17. The van der Waals surface area contributed by atoms with Gasteiger partial charge in [-0.1, -0.05) is 24.3 Å². The van der Waals surface area contributed by atoms with Gasteiger partial charge in [0.25, 0.3) is 0 Å². The summed E-state index contributed by atoms with van der Waals surface area (Å²) in [6.07, 6.45) is 0. The summed E-state index contributed by atoms with van der Waals surface area (Å²) in [6, 6.07) is 18.1. The van der Waals surface area contributed by atoms with Crippen LogP contribution in [0.5, 0.6) is 0 Å². The van der Waals surface area contributed by atoms with Crippen LogP contribution in [0.15, 0.2) is 45.2 Å². The first-order valence-electron chi connectivity index (χ1n) is 8.59. The van der Waals surface area contributed by atoms with Gasteiger partial charge in [-0.15, -0.1) is 0 Å². The Morgan fingerprint density at radius 2 is 0.967 bits per heavy atom. The third kappa shape index (κ3) is 2.23. The summed E-state index contributed by atoms with van der Waals surface area (Å²) in [7, 11) is 0. The lowest BCUT2D eigenvalue weighted by molar-refractivity contribution is 0.559. The third-order valence-electron chi connectivity index (χ3n) is 4.75. The fraction of sp³-hybridized carbons (Fsp3) is 0. The van der Waals surface area contributed by atoms with Crippen LogP contribution in [0.4, 0.5) is 0 Å². The normalized spacial score (nSPS) is 10.5. The average Bonchev–Trinajstić information content (AvgIpc) is 3.39. The molecule has 8 nitrogen and oxygen atoms in total. The van der Waals surface area contributed by atoms with Crippen LogP contribution >= 0.6 is 0 Å². The number of rotatable bonds is 0. The molecule has 0 spiro atoms. The summed E-state index contributed by atoms with van der Waals surface area (Å²) >= 11 is 0. The number of hydrogen-bond acceptors (Lipinski definition) is 8. The van der Waals surface area contributed by atoms with Crippen LogP contribution < -0.4 is 11.1 Å². The van der Waals surface area contributed by atoms with Crippen molar-refractivity contribution in [2.75, 3.05) is 0 Å². The van der Waals surface area contributed by atoms with Gasteiger partial charge in [0.15, 0.2) is 22.3 Å². The zero-order chi connectivity index (χ0) is 20.8. The van der Waals surface area contributed by atoms with Crippen molar-refractivity contribution < 1.29 is 8.83 Å². The summed E-state index contributed by atoms with van der Waals surface area (Å²) < 4.78 is 11.3. The molecule has 0 bridgehead atoms. The van der Waals surface area contributed by atoms with Gasteiger partial charge < -0.3 is 8.83 Å². The Bertz CT molecular complexity index is 1680. The number of nitriles is 4. The van der Waals surface area contributed by atoms with Crippen molar-refractivity contribution in [3.8, 4) is 24.3 Å². The minimum Gasteiger partial charge on any atom is -0.435 e. The minimum absolute atomic E-state index is 0.0582. The first kappa shape index (κ1) is 17.0. The molecular formula is C22H6N6O2. The summed E-state index contributed by atoms with van der Waals surface area (Å²) in [4.78, 5) is 8.79. The van der Waals surface area contributed by atoms with Gasteiger partial charge in [0.2, 0.25) is 11.1 Å². The van der Waals surface area contributed by atoms with Crippen LogP contribution in [0, 0.1) is 45.3 Å². The number of hydrogen-bond donors (Lipinski definition) is 0. The highest BCUT2D eigenvalue weighted by molar-refractivity contribution is 6.24. The van der Waals surface area contributed by atoms with Crippen LogP contribution in [0.2, 0.25) is 0 Å². The molecule has 2 aromatic heterocycles. The zero-order valence-corrected chi connectivity index (χ0v) is 15.0. The fourth-order valence-electron chi connectivity index (χ4n) is 3.46. The number of benzene rings is 3. The maximum absolute atomic E-state index is 9.15. The van der Waals surface area contributed by atoms with Crippen molar-refractivity contribution in [1.29, 1.82) is 21.0 Å². The van der Waals surface area contributed by atoms with Crippen LogP contribution in [0.3, 0.4) is 0 Å². The molecule has 0 amide bonds. The van der Waals surface area contributed by atoms with E-state index >= 15 is 0 Å². The summed E-state index contributed by atoms with van der Waals surface area (Å²) in [5.41, 5.74) is 1.20. The molecule has 0 atom stereocenters. The molecule has 0 fully saturated rings. The topological polar surface area (TPSA) is 147 Å². The molecule has 30 heavy (non-hydrogen) atoms. The van der Waals surface area contributed by atoms with E-state index < -0.39 is 0 Å². The highest BCUT2D eigenvalue weighted by Crippen LogP contribution is 2.34. The Labute approximate surface area is 167 Å². The Kier molecular flexibility index (Phi) is 3.49. The molecule has 0 saturated heterocycles. The monoisotopic (exact) mass is 386 g/mol. The van der Waals surface area contributed by atoms with Gasteiger partial charge in [-0.3, -0.25) is 0 Å². The van der Waals surface area contributed by atoms with Crippen molar-refractivity contribution >= 4 is 54.9 Å². The van der Waals surface area contributed by atoms with Crippen LogP contribution in [-0.2, 0) is 0 Å². The van der Waals surface area contributed by atoms with Crippen molar-refractivity contribution in [2.24, 2.45) is 0 Å². The molecule has 0 radical (unpaired) electrons. The minimum atomic E-state index is -0.226. The van der Waals surface area contributed by atoms with Crippen LogP contribution in [-0.4, -0.2) is 9.97 Å². The largest absolute Gasteiger partial charge is 0.435 e. The quantitative estimate of drug-likeness (QED) is 0.369. The summed E-state index contributed by atoms with van der Waals surface area (Å²) in [5.74, 6) is 0. The SMILES string of the molecule is N#CC(C#N)=c1nc2c(ccc3ccc4ccc5oc(=C(C#N)C#N)nc5c4c32)o1. The molecule has 5 rings (SSSR count). The maximum atomic E-state index is 9.15.